The summed E-state index contributed by atoms with van der Waals surface area (Å²) in [5, 5.41) is 0. The van der Waals surface area contributed by atoms with Gasteiger partial charge in [0.2, 0.25) is 0 Å². The number of para-hydroxylation sites is 1. The minimum Gasteiger partial charge on any atom is -0.492 e. The molecule has 5 heteroatoms. The number of halogens is 2. The van der Waals surface area contributed by atoms with Gasteiger partial charge in [-0.1, -0.05) is 18.2 Å². The van der Waals surface area contributed by atoms with Crippen LogP contribution in [0.3, 0.4) is 0 Å². The number of rotatable bonds is 6. The lowest BCUT2D eigenvalue weighted by molar-refractivity contribution is 0.141. The van der Waals surface area contributed by atoms with Crippen LogP contribution in [0.25, 0.3) is 0 Å². The van der Waals surface area contributed by atoms with Gasteiger partial charge in [-0.2, -0.15) is 0 Å². The lowest BCUT2D eigenvalue weighted by Gasteiger charge is -2.33. The van der Waals surface area contributed by atoms with E-state index in [1.807, 2.05) is 30.3 Å². The number of ether oxygens (including phenoxy) is 1. The molecule has 1 heterocycles. The monoisotopic (exact) mass is 334 g/mol. The number of nitrogens with zero attached hydrogens (tertiary/aromatic N) is 2. The van der Waals surface area contributed by atoms with Gasteiger partial charge in [0, 0.05) is 13.1 Å². The highest BCUT2D eigenvalue weighted by molar-refractivity contribution is 5.85. The van der Waals surface area contributed by atoms with Gasteiger partial charge in [0.1, 0.15) is 12.4 Å². The highest BCUT2D eigenvalue weighted by Crippen LogP contribution is 2.17. The quantitative estimate of drug-likeness (QED) is 0.794. The van der Waals surface area contributed by atoms with Gasteiger partial charge < -0.3 is 9.64 Å². The Labute approximate surface area is 141 Å². The van der Waals surface area contributed by atoms with Crippen molar-refractivity contribution >= 4 is 24.8 Å². The minimum atomic E-state index is 0. The van der Waals surface area contributed by atoms with Crippen LogP contribution in [0.1, 0.15) is 12.8 Å². The van der Waals surface area contributed by atoms with Gasteiger partial charge in [-0.05, 0) is 58.1 Å². The van der Waals surface area contributed by atoms with Crippen LogP contribution in [0, 0.1) is 5.92 Å². The fourth-order valence-electron chi connectivity index (χ4n) is 2.72. The topological polar surface area (TPSA) is 15.7 Å². The molecule has 3 nitrogen and oxygen atoms in total. The van der Waals surface area contributed by atoms with E-state index in [4.69, 9.17) is 4.74 Å². The van der Waals surface area contributed by atoms with Crippen molar-refractivity contribution in [2.45, 2.75) is 12.8 Å². The van der Waals surface area contributed by atoms with E-state index in [0.29, 0.717) is 0 Å². The third-order valence-electron chi connectivity index (χ3n) is 3.75. The Morgan fingerprint density at radius 2 is 1.71 bits per heavy atom. The van der Waals surface area contributed by atoms with Crippen molar-refractivity contribution in [2.24, 2.45) is 5.92 Å². The Hall–Kier alpha value is -0.480. The average molecular weight is 335 g/mol. The third-order valence-corrected chi connectivity index (χ3v) is 3.75. The summed E-state index contributed by atoms with van der Waals surface area (Å²) in [5.74, 6) is 1.85. The minimum absolute atomic E-state index is 0. The normalized spacial score (nSPS) is 16.1. The zero-order valence-electron chi connectivity index (χ0n) is 13.0. The largest absolute Gasteiger partial charge is 0.492 e. The fraction of sp³-hybridized carbons (Fsp3) is 0.625. The molecule has 1 saturated heterocycles. The second-order valence-electron chi connectivity index (χ2n) is 5.71. The summed E-state index contributed by atoms with van der Waals surface area (Å²) in [4.78, 5) is 4.83. The van der Waals surface area contributed by atoms with E-state index in [1.54, 1.807) is 0 Å². The summed E-state index contributed by atoms with van der Waals surface area (Å²) in [6.45, 7) is 5.51. The van der Waals surface area contributed by atoms with Crippen molar-refractivity contribution in [1.29, 1.82) is 0 Å². The molecule has 21 heavy (non-hydrogen) atoms. The summed E-state index contributed by atoms with van der Waals surface area (Å²) in [6.07, 6.45) is 2.65. The van der Waals surface area contributed by atoms with Gasteiger partial charge in [0.05, 0.1) is 0 Å². The standard InChI is InChI=1S/C16H26N2O.2ClH/c1-17(2)14-15-8-10-18(11-9-15)12-13-19-16-6-4-3-5-7-16;;/h3-7,15H,8-14H2,1-2H3;2*1H. The van der Waals surface area contributed by atoms with E-state index < -0.39 is 0 Å². The summed E-state index contributed by atoms with van der Waals surface area (Å²) in [7, 11) is 4.33. The second-order valence-corrected chi connectivity index (χ2v) is 5.71. The highest BCUT2D eigenvalue weighted by Gasteiger charge is 2.19. The first-order valence-electron chi connectivity index (χ1n) is 7.29. The van der Waals surface area contributed by atoms with Gasteiger partial charge in [0.15, 0.2) is 0 Å². The van der Waals surface area contributed by atoms with Crippen LogP contribution < -0.4 is 4.74 Å². The highest BCUT2D eigenvalue weighted by atomic mass is 35.5. The summed E-state index contributed by atoms with van der Waals surface area (Å²) in [6, 6.07) is 10.1. The molecule has 2 rings (SSSR count). The molecular weight excluding hydrogens is 307 g/mol. The Morgan fingerprint density at radius 1 is 1.10 bits per heavy atom. The molecular formula is C16H28Cl2N2O. The van der Waals surface area contributed by atoms with Gasteiger partial charge in [0.25, 0.3) is 0 Å². The van der Waals surface area contributed by atoms with Crippen LogP contribution in [0.5, 0.6) is 5.75 Å². The SMILES string of the molecule is CN(C)CC1CCN(CCOc2ccccc2)CC1.Cl.Cl. The van der Waals surface area contributed by atoms with Crippen molar-refractivity contribution in [3.63, 3.8) is 0 Å². The molecule has 0 amide bonds. The Kier molecular flexibility index (Phi) is 10.9. The maximum absolute atomic E-state index is 5.75. The van der Waals surface area contributed by atoms with Crippen LogP contribution in [-0.4, -0.2) is 56.7 Å². The molecule has 0 N–H and O–H groups in total. The molecule has 0 bridgehead atoms. The van der Waals surface area contributed by atoms with E-state index in [9.17, 15) is 0 Å². The molecule has 1 aromatic carbocycles. The van der Waals surface area contributed by atoms with E-state index in [1.165, 1.54) is 32.5 Å². The Bertz CT molecular complexity index is 355. The van der Waals surface area contributed by atoms with Crippen molar-refractivity contribution in [3.8, 4) is 5.75 Å². The summed E-state index contributed by atoms with van der Waals surface area (Å²) in [5.41, 5.74) is 0. The second kappa shape index (κ2) is 11.1. The number of hydrogen-bond donors (Lipinski definition) is 0. The van der Waals surface area contributed by atoms with Crippen LogP contribution in [0.4, 0.5) is 0 Å². The van der Waals surface area contributed by atoms with Gasteiger partial charge in [-0.15, -0.1) is 24.8 Å². The number of benzene rings is 1. The van der Waals surface area contributed by atoms with Crippen molar-refractivity contribution in [3.05, 3.63) is 30.3 Å². The molecule has 1 aliphatic heterocycles. The van der Waals surface area contributed by atoms with Gasteiger partial charge in [-0.25, -0.2) is 0 Å². The molecule has 1 aliphatic rings. The van der Waals surface area contributed by atoms with Gasteiger partial charge >= 0.3 is 0 Å². The third kappa shape index (κ3) is 7.91. The molecule has 0 atom stereocenters. The molecule has 0 aromatic heterocycles. The van der Waals surface area contributed by atoms with Crippen LogP contribution >= 0.6 is 24.8 Å². The maximum Gasteiger partial charge on any atom is 0.119 e. The molecule has 1 fully saturated rings. The lowest BCUT2D eigenvalue weighted by atomic mass is 9.96. The van der Waals surface area contributed by atoms with Gasteiger partial charge in [-0.3, -0.25) is 4.90 Å². The predicted octanol–water partition coefficient (Wildman–Crippen LogP) is 3.18. The molecule has 0 radical (unpaired) electrons. The first-order chi connectivity index (χ1) is 9.24. The van der Waals surface area contributed by atoms with Crippen molar-refractivity contribution in [1.82, 2.24) is 9.80 Å². The molecule has 1 aromatic rings. The molecule has 0 saturated carbocycles. The molecule has 0 unspecified atom stereocenters. The number of piperidine rings is 1. The summed E-state index contributed by atoms with van der Waals surface area (Å²) < 4.78 is 5.75. The summed E-state index contributed by atoms with van der Waals surface area (Å²) >= 11 is 0. The fourth-order valence-corrected chi connectivity index (χ4v) is 2.72. The maximum atomic E-state index is 5.75. The zero-order chi connectivity index (χ0) is 13.5. The predicted molar refractivity (Wildman–Crippen MR) is 94.2 cm³/mol. The molecule has 0 aliphatic carbocycles. The van der Waals surface area contributed by atoms with Crippen LogP contribution in [0.2, 0.25) is 0 Å². The number of hydrogen-bond acceptors (Lipinski definition) is 3. The van der Waals surface area contributed by atoms with E-state index in [2.05, 4.69) is 23.9 Å². The van der Waals surface area contributed by atoms with Crippen LogP contribution in [0.15, 0.2) is 30.3 Å². The molecule has 122 valence electrons. The zero-order valence-corrected chi connectivity index (χ0v) is 14.7. The Balaban J connectivity index is 0.00000200. The molecule has 0 spiro atoms. The van der Waals surface area contributed by atoms with Crippen molar-refractivity contribution in [2.75, 3.05) is 46.9 Å². The number of likely N-dealkylation sites (tertiary alicyclic amines) is 1. The van der Waals surface area contributed by atoms with E-state index in [-0.39, 0.29) is 24.8 Å². The smallest absolute Gasteiger partial charge is 0.119 e. The van der Waals surface area contributed by atoms with E-state index >= 15 is 0 Å². The van der Waals surface area contributed by atoms with E-state index in [0.717, 1.165) is 24.8 Å². The van der Waals surface area contributed by atoms with Crippen molar-refractivity contribution < 1.29 is 4.74 Å². The lowest BCUT2D eigenvalue weighted by Crippen LogP contribution is -2.39. The first kappa shape index (κ1) is 20.5. The van der Waals surface area contributed by atoms with Crippen LogP contribution in [-0.2, 0) is 0 Å². The Morgan fingerprint density at radius 3 is 2.29 bits per heavy atom. The first-order valence-corrected chi connectivity index (χ1v) is 7.29. The average Bonchev–Trinajstić information content (AvgIpc) is 2.41.